The minimum atomic E-state index is -0.823. The van der Waals surface area contributed by atoms with Crippen molar-refractivity contribution in [2.24, 2.45) is 5.73 Å². The number of rotatable bonds is 9. The monoisotopic (exact) mass is 339 g/mol. The van der Waals surface area contributed by atoms with Gasteiger partial charge in [0, 0.05) is 12.1 Å². The van der Waals surface area contributed by atoms with Crippen LogP contribution in [-0.2, 0) is 17.8 Å². The molecule has 131 valence electrons. The van der Waals surface area contributed by atoms with Crippen LogP contribution >= 0.6 is 0 Å². The molecule has 0 fully saturated rings. The van der Waals surface area contributed by atoms with Crippen LogP contribution in [0, 0.1) is 6.42 Å². The van der Waals surface area contributed by atoms with E-state index in [4.69, 9.17) is 5.73 Å². The van der Waals surface area contributed by atoms with Crippen LogP contribution in [0.15, 0.2) is 54.6 Å². The molecule has 0 saturated carbocycles. The van der Waals surface area contributed by atoms with E-state index in [0.717, 1.165) is 11.1 Å². The minimum absolute atomic E-state index is 0.297. The predicted molar refractivity (Wildman–Crippen MR) is 96.5 cm³/mol. The second kappa shape index (κ2) is 9.59. The molecule has 5 heteroatoms. The molecule has 25 heavy (non-hydrogen) atoms. The number of carbonyl (C=O) groups excluding carboxylic acids is 2. The Balaban J connectivity index is 1.71. The first-order chi connectivity index (χ1) is 12.1. The van der Waals surface area contributed by atoms with Gasteiger partial charge in [-0.2, -0.15) is 0 Å². The van der Waals surface area contributed by atoms with Crippen molar-refractivity contribution in [3.8, 4) is 0 Å². The summed E-state index contributed by atoms with van der Waals surface area (Å²) >= 11 is 0. The topological polar surface area (TPSA) is 92.4 Å². The molecule has 0 bridgehead atoms. The third-order valence-electron chi connectivity index (χ3n) is 3.88. The lowest BCUT2D eigenvalue weighted by Crippen LogP contribution is -2.27. The highest BCUT2D eigenvalue weighted by Crippen LogP contribution is 2.13. The number of benzene rings is 2. The second-order valence-electron chi connectivity index (χ2n) is 5.85. The van der Waals surface area contributed by atoms with Crippen LogP contribution < -0.4 is 11.1 Å². The van der Waals surface area contributed by atoms with Crippen molar-refractivity contribution < 1.29 is 14.7 Å². The average Bonchev–Trinajstić information content (AvgIpc) is 2.61. The SMILES string of the molecule is NC(=O)c1ccccc1CCC[C@@H](O)[CH]C(=O)NCc1ccccc1. The number of carbonyl (C=O) groups is 2. The molecule has 0 aliphatic rings. The molecule has 0 heterocycles. The quantitative estimate of drug-likeness (QED) is 0.652. The highest BCUT2D eigenvalue weighted by molar-refractivity contribution is 5.94. The Morgan fingerprint density at radius 2 is 1.76 bits per heavy atom. The number of aliphatic hydroxyl groups is 1. The molecule has 2 aromatic rings. The minimum Gasteiger partial charge on any atom is -0.392 e. The van der Waals surface area contributed by atoms with Gasteiger partial charge in [0.1, 0.15) is 0 Å². The zero-order valence-corrected chi connectivity index (χ0v) is 14.0. The number of hydrogen-bond acceptors (Lipinski definition) is 3. The van der Waals surface area contributed by atoms with E-state index in [1.807, 2.05) is 42.5 Å². The van der Waals surface area contributed by atoms with Crippen molar-refractivity contribution in [3.05, 3.63) is 77.7 Å². The van der Waals surface area contributed by atoms with Crippen molar-refractivity contribution in [2.45, 2.75) is 31.9 Å². The first kappa shape index (κ1) is 18.7. The molecule has 1 atom stereocenters. The van der Waals surface area contributed by atoms with Gasteiger partial charge in [-0.1, -0.05) is 48.5 Å². The van der Waals surface area contributed by atoms with E-state index in [9.17, 15) is 14.7 Å². The van der Waals surface area contributed by atoms with E-state index in [1.54, 1.807) is 12.1 Å². The molecule has 0 saturated heterocycles. The van der Waals surface area contributed by atoms with E-state index in [0.29, 0.717) is 31.4 Å². The lowest BCUT2D eigenvalue weighted by molar-refractivity contribution is -0.119. The standard InChI is InChI=1S/C20H23N2O3/c21-20(25)18-12-5-4-9-16(18)10-6-11-17(23)13-19(24)22-14-15-7-2-1-3-8-15/h1-5,7-9,12-13,17,23H,6,10-11,14H2,(H2,21,25)(H,22,24)/t17-/m1/s1. The molecular weight excluding hydrogens is 316 g/mol. The fourth-order valence-corrected chi connectivity index (χ4v) is 2.58. The Hall–Kier alpha value is -2.66. The van der Waals surface area contributed by atoms with Gasteiger partial charge in [-0.25, -0.2) is 0 Å². The Labute approximate surface area is 147 Å². The molecule has 1 radical (unpaired) electrons. The summed E-state index contributed by atoms with van der Waals surface area (Å²) in [6.07, 6.45) is 2.16. The largest absolute Gasteiger partial charge is 0.392 e. The lowest BCUT2D eigenvalue weighted by Gasteiger charge is -2.11. The maximum atomic E-state index is 11.8. The summed E-state index contributed by atoms with van der Waals surface area (Å²) < 4.78 is 0. The second-order valence-corrected chi connectivity index (χ2v) is 5.85. The fourth-order valence-electron chi connectivity index (χ4n) is 2.58. The molecule has 2 aromatic carbocycles. The van der Waals surface area contributed by atoms with Crippen LogP contribution in [0.3, 0.4) is 0 Å². The summed E-state index contributed by atoms with van der Waals surface area (Å²) in [6, 6.07) is 16.7. The van der Waals surface area contributed by atoms with Gasteiger partial charge in [0.2, 0.25) is 11.8 Å². The van der Waals surface area contributed by atoms with E-state index in [2.05, 4.69) is 5.32 Å². The van der Waals surface area contributed by atoms with Crippen molar-refractivity contribution in [1.29, 1.82) is 0 Å². The van der Waals surface area contributed by atoms with Crippen molar-refractivity contribution in [3.63, 3.8) is 0 Å². The zero-order valence-electron chi connectivity index (χ0n) is 14.0. The Kier molecular flexibility index (Phi) is 7.16. The maximum absolute atomic E-state index is 11.8. The summed E-state index contributed by atoms with van der Waals surface area (Å²) in [5.41, 5.74) is 7.71. The first-order valence-corrected chi connectivity index (χ1v) is 8.28. The molecule has 0 aliphatic heterocycles. The fraction of sp³-hybridized carbons (Fsp3) is 0.250. The molecule has 2 amide bonds. The summed E-state index contributed by atoms with van der Waals surface area (Å²) in [7, 11) is 0. The van der Waals surface area contributed by atoms with Crippen LogP contribution in [0.1, 0.15) is 34.3 Å². The number of aryl methyl sites for hydroxylation is 1. The number of hydrogen-bond donors (Lipinski definition) is 3. The Morgan fingerprint density at radius 1 is 1.08 bits per heavy atom. The summed E-state index contributed by atoms with van der Waals surface area (Å²) in [5.74, 6) is -0.753. The van der Waals surface area contributed by atoms with E-state index in [-0.39, 0.29) is 5.91 Å². The van der Waals surface area contributed by atoms with Crippen LogP contribution in [0.4, 0.5) is 0 Å². The number of nitrogens with one attached hydrogen (secondary N) is 1. The third-order valence-corrected chi connectivity index (χ3v) is 3.88. The molecule has 4 N–H and O–H groups in total. The highest BCUT2D eigenvalue weighted by Gasteiger charge is 2.12. The molecule has 2 rings (SSSR count). The zero-order chi connectivity index (χ0) is 18.1. The Morgan fingerprint density at radius 3 is 2.48 bits per heavy atom. The van der Waals surface area contributed by atoms with Gasteiger partial charge in [-0.15, -0.1) is 0 Å². The van der Waals surface area contributed by atoms with E-state index < -0.39 is 12.0 Å². The predicted octanol–water partition coefficient (Wildman–Crippen LogP) is 1.99. The molecule has 0 spiro atoms. The van der Waals surface area contributed by atoms with E-state index >= 15 is 0 Å². The number of amides is 2. The van der Waals surface area contributed by atoms with Crippen LogP contribution in [0.5, 0.6) is 0 Å². The third kappa shape index (κ3) is 6.39. The van der Waals surface area contributed by atoms with Gasteiger partial charge in [0.15, 0.2) is 0 Å². The van der Waals surface area contributed by atoms with Gasteiger partial charge in [0.05, 0.1) is 12.5 Å². The normalized spacial score (nSPS) is 11.7. The molecule has 5 nitrogen and oxygen atoms in total. The highest BCUT2D eigenvalue weighted by atomic mass is 16.3. The first-order valence-electron chi connectivity index (χ1n) is 8.28. The molecular formula is C20H23N2O3. The van der Waals surface area contributed by atoms with Crippen molar-refractivity contribution in [1.82, 2.24) is 5.32 Å². The summed E-state index contributed by atoms with van der Waals surface area (Å²) in [6.45, 7) is 0.425. The lowest BCUT2D eigenvalue weighted by atomic mass is 9.99. The smallest absolute Gasteiger partial charge is 0.248 e. The van der Waals surface area contributed by atoms with Crippen molar-refractivity contribution >= 4 is 11.8 Å². The Bertz CT molecular complexity index is 701. The molecule has 0 aliphatic carbocycles. The number of primary amides is 1. The van der Waals surface area contributed by atoms with Gasteiger partial charge in [-0.05, 0) is 36.5 Å². The average molecular weight is 339 g/mol. The summed E-state index contributed by atoms with van der Waals surface area (Å²) in [4.78, 5) is 23.2. The summed E-state index contributed by atoms with van der Waals surface area (Å²) in [5, 5.41) is 12.7. The van der Waals surface area contributed by atoms with Gasteiger partial charge >= 0.3 is 0 Å². The van der Waals surface area contributed by atoms with Crippen LogP contribution in [0.2, 0.25) is 0 Å². The molecule has 0 unspecified atom stereocenters. The maximum Gasteiger partial charge on any atom is 0.248 e. The number of aliphatic hydroxyl groups excluding tert-OH is 1. The van der Waals surface area contributed by atoms with Crippen LogP contribution in [-0.4, -0.2) is 23.0 Å². The van der Waals surface area contributed by atoms with Crippen molar-refractivity contribution in [2.75, 3.05) is 0 Å². The van der Waals surface area contributed by atoms with E-state index in [1.165, 1.54) is 6.42 Å². The van der Waals surface area contributed by atoms with Gasteiger partial charge in [0.25, 0.3) is 0 Å². The number of nitrogens with two attached hydrogens (primary N) is 1. The van der Waals surface area contributed by atoms with Crippen LogP contribution in [0.25, 0.3) is 0 Å². The van der Waals surface area contributed by atoms with Gasteiger partial charge in [-0.3, -0.25) is 9.59 Å². The molecule has 0 aromatic heterocycles. The van der Waals surface area contributed by atoms with Gasteiger partial charge < -0.3 is 16.2 Å².